The molecular formula is C32H35N4O4+. The molecule has 2 atom stereocenters. The number of aromatic amines is 1. The molecule has 8 heteroatoms. The third kappa shape index (κ3) is 5.14. The van der Waals surface area contributed by atoms with Gasteiger partial charge >= 0.3 is 11.7 Å². The second-order valence-electron chi connectivity index (χ2n) is 10.1. The van der Waals surface area contributed by atoms with E-state index in [0.29, 0.717) is 25.3 Å². The predicted octanol–water partition coefficient (Wildman–Crippen LogP) is 6.02. The number of unbranched alkanes of at least 4 members (excludes halogenated alkanes) is 1. The van der Waals surface area contributed by atoms with Crippen LogP contribution in [0.25, 0.3) is 22.5 Å². The SMILES string of the molecule is CCCC[N+]1(c2ccc(OC)cc2)C(=O)C(Cc2ccc(-c3ccccc3-c3noc(=O)[nH]3)cc2)CN=C1CC. The van der Waals surface area contributed by atoms with E-state index in [1.807, 2.05) is 60.7 Å². The van der Waals surface area contributed by atoms with Gasteiger partial charge in [0.15, 0.2) is 5.82 Å². The number of quaternary nitrogens is 1. The summed E-state index contributed by atoms with van der Waals surface area (Å²) in [5.41, 5.74) is 4.72. The Bertz CT molecular complexity index is 1550. The molecular weight excluding hydrogens is 504 g/mol. The highest BCUT2D eigenvalue weighted by molar-refractivity contribution is 6.13. The summed E-state index contributed by atoms with van der Waals surface area (Å²) in [5, 5.41) is 3.86. The largest absolute Gasteiger partial charge is 0.497 e. The number of aromatic nitrogens is 2. The Labute approximate surface area is 233 Å². The number of nitrogens with zero attached hydrogens (tertiary/aromatic N) is 3. The summed E-state index contributed by atoms with van der Waals surface area (Å²) in [5.74, 6) is 1.47. The van der Waals surface area contributed by atoms with E-state index in [1.165, 1.54) is 0 Å². The molecule has 5 rings (SSSR count). The van der Waals surface area contributed by atoms with Crippen molar-refractivity contribution < 1.29 is 14.1 Å². The fourth-order valence-corrected chi connectivity index (χ4v) is 5.66. The Morgan fingerprint density at radius 1 is 0.975 bits per heavy atom. The molecule has 2 heterocycles. The van der Waals surface area contributed by atoms with Gasteiger partial charge in [-0.3, -0.25) is 9.51 Å². The second kappa shape index (κ2) is 11.8. The maximum Gasteiger partial charge on any atom is 0.439 e. The van der Waals surface area contributed by atoms with Crippen molar-refractivity contribution in [1.82, 2.24) is 14.6 Å². The highest BCUT2D eigenvalue weighted by Crippen LogP contribution is 2.35. The van der Waals surface area contributed by atoms with E-state index in [1.54, 1.807) is 7.11 Å². The van der Waals surface area contributed by atoms with Gasteiger partial charge in [-0.05, 0) is 41.7 Å². The molecule has 0 radical (unpaired) electrons. The number of ether oxygens (including phenoxy) is 1. The van der Waals surface area contributed by atoms with Crippen LogP contribution in [0.4, 0.5) is 5.69 Å². The fourth-order valence-electron chi connectivity index (χ4n) is 5.66. The maximum atomic E-state index is 14.4. The lowest BCUT2D eigenvalue weighted by Crippen LogP contribution is -2.64. The van der Waals surface area contributed by atoms with Crippen molar-refractivity contribution >= 4 is 17.4 Å². The number of benzene rings is 3. The number of hydrogen-bond donors (Lipinski definition) is 1. The zero-order valence-electron chi connectivity index (χ0n) is 23.2. The quantitative estimate of drug-likeness (QED) is 0.249. The van der Waals surface area contributed by atoms with Crippen LogP contribution in [0.15, 0.2) is 87.1 Å². The number of amides is 1. The van der Waals surface area contributed by atoms with Gasteiger partial charge in [0.1, 0.15) is 11.4 Å². The lowest BCUT2D eigenvalue weighted by Gasteiger charge is -2.40. The summed E-state index contributed by atoms with van der Waals surface area (Å²) < 4.78 is 10.3. The topological polar surface area (TPSA) is 97.5 Å². The minimum Gasteiger partial charge on any atom is -0.497 e. The summed E-state index contributed by atoms with van der Waals surface area (Å²) in [6.07, 6.45) is 3.25. The minimum absolute atomic E-state index is 0.181. The van der Waals surface area contributed by atoms with Gasteiger partial charge in [0, 0.05) is 24.1 Å². The number of methoxy groups -OCH3 is 1. The van der Waals surface area contributed by atoms with E-state index in [0.717, 1.165) is 58.8 Å². The van der Waals surface area contributed by atoms with Crippen LogP contribution < -0.4 is 15.0 Å². The smallest absolute Gasteiger partial charge is 0.439 e. The molecule has 0 bridgehead atoms. The molecule has 3 aromatic carbocycles. The summed E-state index contributed by atoms with van der Waals surface area (Å²) >= 11 is 0. The first kappa shape index (κ1) is 27.3. The van der Waals surface area contributed by atoms with E-state index in [4.69, 9.17) is 14.3 Å². The zero-order chi connectivity index (χ0) is 28.1. The van der Waals surface area contributed by atoms with Gasteiger partial charge in [-0.2, -0.15) is 4.48 Å². The van der Waals surface area contributed by atoms with Crippen molar-refractivity contribution in [3.8, 4) is 28.3 Å². The van der Waals surface area contributed by atoms with Crippen molar-refractivity contribution in [2.24, 2.45) is 10.9 Å². The molecule has 1 aliphatic rings. The third-order valence-electron chi connectivity index (χ3n) is 7.71. The lowest BCUT2D eigenvalue weighted by molar-refractivity contribution is -0.131. The van der Waals surface area contributed by atoms with Crippen LogP contribution in [0.3, 0.4) is 0 Å². The first-order valence-corrected chi connectivity index (χ1v) is 13.9. The Morgan fingerprint density at radius 3 is 2.33 bits per heavy atom. The molecule has 0 saturated heterocycles. The molecule has 1 N–H and O–H groups in total. The Hall–Kier alpha value is -4.30. The first-order chi connectivity index (χ1) is 19.5. The second-order valence-corrected chi connectivity index (χ2v) is 10.1. The summed E-state index contributed by atoms with van der Waals surface area (Å²) in [7, 11) is 1.65. The Kier molecular flexibility index (Phi) is 8.07. The molecule has 0 saturated carbocycles. The van der Waals surface area contributed by atoms with E-state index < -0.39 is 5.76 Å². The number of nitrogens with one attached hydrogen (secondary N) is 1. The van der Waals surface area contributed by atoms with Crippen LogP contribution in [0.5, 0.6) is 5.75 Å². The lowest BCUT2D eigenvalue weighted by atomic mass is 9.92. The van der Waals surface area contributed by atoms with Crippen molar-refractivity contribution in [2.45, 2.75) is 39.5 Å². The maximum absolute atomic E-state index is 14.4. The minimum atomic E-state index is -0.589. The Morgan fingerprint density at radius 2 is 1.70 bits per heavy atom. The molecule has 0 aliphatic carbocycles. The summed E-state index contributed by atoms with van der Waals surface area (Å²) in [6.45, 7) is 5.43. The van der Waals surface area contributed by atoms with Crippen LogP contribution in [-0.4, -0.2) is 42.1 Å². The molecule has 1 amide bonds. The van der Waals surface area contributed by atoms with Gasteiger partial charge in [-0.15, -0.1) is 0 Å². The van der Waals surface area contributed by atoms with Crippen LogP contribution >= 0.6 is 0 Å². The average Bonchev–Trinajstić information content (AvgIpc) is 3.44. The highest BCUT2D eigenvalue weighted by Gasteiger charge is 2.49. The van der Waals surface area contributed by atoms with Crippen LogP contribution in [-0.2, 0) is 11.2 Å². The molecule has 2 unspecified atom stereocenters. The Balaban J connectivity index is 1.44. The monoisotopic (exact) mass is 539 g/mol. The van der Waals surface area contributed by atoms with Gasteiger partial charge in [-0.1, -0.05) is 74.0 Å². The number of H-pyrrole nitrogens is 1. The summed E-state index contributed by atoms with van der Waals surface area (Å²) in [6, 6.07) is 23.8. The average molecular weight is 540 g/mol. The molecule has 1 aromatic heterocycles. The fraction of sp³-hybridized carbons (Fsp3) is 0.312. The van der Waals surface area contributed by atoms with Crippen molar-refractivity contribution in [3.63, 3.8) is 0 Å². The normalized spacial score (nSPS) is 18.9. The predicted molar refractivity (Wildman–Crippen MR) is 157 cm³/mol. The number of hydrogen-bond acceptors (Lipinski definition) is 6. The molecule has 206 valence electrons. The van der Waals surface area contributed by atoms with E-state index in [2.05, 4.69) is 36.1 Å². The van der Waals surface area contributed by atoms with E-state index in [9.17, 15) is 9.59 Å². The van der Waals surface area contributed by atoms with Crippen molar-refractivity contribution in [2.75, 3.05) is 20.2 Å². The van der Waals surface area contributed by atoms with Crippen LogP contribution in [0.1, 0.15) is 38.7 Å². The molecule has 4 aromatic rings. The zero-order valence-corrected chi connectivity index (χ0v) is 23.2. The number of amidine groups is 1. The number of carbonyl (C=O) groups is 1. The van der Waals surface area contributed by atoms with Gasteiger partial charge in [0.25, 0.3) is 0 Å². The van der Waals surface area contributed by atoms with Gasteiger partial charge in [0.2, 0.25) is 5.84 Å². The van der Waals surface area contributed by atoms with Gasteiger partial charge in [0.05, 0.1) is 26.1 Å². The van der Waals surface area contributed by atoms with Crippen LogP contribution in [0.2, 0.25) is 0 Å². The number of rotatable bonds is 10. The number of aliphatic imine (C=N–C) groups is 1. The molecule has 8 nitrogen and oxygen atoms in total. The van der Waals surface area contributed by atoms with Gasteiger partial charge in [-0.25, -0.2) is 14.6 Å². The molecule has 0 spiro atoms. The highest BCUT2D eigenvalue weighted by atomic mass is 16.5. The number of carbonyl (C=O) groups excluding carboxylic acids is 1. The molecule has 0 fully saturated rings. The standard InChI is InChI=1S/C32H34N4O4/c1-4-6-19-36(25-15-17-26(39-3)18-16-25)29(5-2)33-21-24(31(36)37)20-22-11-13-23(14-12-22)27-9-7-8-10-28(27)30-34-32(38)40-35-30/h7-18,24H,4-6,19-21H2,1-3H3/p+1. The third-order valence-corrected chi connectivity index (χ3v) is 7.71. The molecule has 40 heavy (non-hydrogen) atoms. The van der Waals surface area contributed by atoms with Gasteiger partial charge < -0.3 is 4.74 Å². The van der Waals surface area contributed by atoms with Crippen molar-refractivity contribution in [3.05, 3.63) is 88.9 Å². The van der Waals surface area contributed by atoms with Crippen LogP contribution in [0, 0.1) is 5.92 Å². The van der Waals surface area contributed by atoms with Crippen molar-refractivity contribution in [1.29, 1.82) is 0 Å². The first-order valence-electron chi connectivity index (χ1n) is 13.9. The summed E-state index contributed by atoms with van der Waals surface area (Å²) in [4.78, 5) is 33.5. The van der Waals surface area contributed by atoms with E-state index in [-0.39, 0.29) is 16.3 Å². The molecule has 1 aliphatic heterocycles. The van der Waals surface area contributed by atoms with E-state index >= 15 is 0 Å².